The van der Waals surface area contributed by atoms with Crippen molar-refractivity contribution in [3.05, 3.63) is 86.6 Å². The summed E-state index contributed by atoms with van der Waals surface area (Å²) in [7, 11) is 0. The molecule has 2 heterocycles. The minimum absolute atomic E-state index is 0.0843. The predicted molar refractivity (Wildman–Crippen MR) is 143 cm³/mol. The third-order valence-electron chi connectivity index (χ3n) is 6.34. The predicted octanol–water partition coefficient (Wildman–Crippen LogP) is 6.62. The number of pyridine rings is 1. The Balaban J connectivity index is 1.26. The number of nitrogens with zero attached hydrogens (tertiary/aromatic N) is 2. The molecular weight excluding hydrogens is 505 g/mol. The number of rotatable bonds is 8. The van der Waals surface area contributed by atoms with Crippen molar-refractivity contribution < 1.29 is 9.53 Å². The topological polar surface area (TPSA) is 54.5 Å². The molecule has 0 atom stereocenters. The second-order valence-corrected chi connectivity index (χ2v) is 10.0. The zero-order valence-electron chi connectivity index (χ0n) is 19.6. The standard InChI is InChI=1S/C27H28Cl3N3O2/c1-18-2-3-21(14-25(18)35-13-9-20-4-5-22(28)15-24(20)29)27(34)32-17-19-7-11-33(12-8-19)23-6-10-31-26(30)16-23/h2-6,10,14-16,19H,7-9,11-13,17H2,1H3,(H,32,34). The Morgan fingerprint density at radius 3 is 2.63 bits per heavy atom. The summed E-state index contributed by atoms with van der Waals surface area (Å²) in [6, 6.07) is 14.9. The van der Waals surface area contributed by atoms with Gasteiger partial charge in [0.2, 0.25) is 0 Å². The third kappa shape index (κ3) is 7.03. The van der Waals surface area contributed by atoms with Gasteiger partial charge in [-0.05, 0) is 73.2 Å². The van der Waals surface area contributed by atoms with E-state index in [9.17, 15) is 4.79 Å². The van der Waals surface area contributed by atoms with Crippen LogP contribution in [0.1, 0.15) is 34.3 Å². The highest BCUT2D eigenvalue weighted by atomic mass is 35.5. The van der Waals surface area contributed by atoms with E-state index in [2.05, 4.69) is 15.2 Å². The van der Waals surface area contributed by atoms with E-state index in [4.69, 9.17) is 39.5 Å². The average Bonchev–Trinajstić information content (AvgIpc) is 2.85. The Hall–Kier alpha value is -2.47. The van der Waals surface area contributed by atoms with Gasteiger partial charge in [-0.1, -0.05) is 46.9 Å². The molecule has 0 radical (unpaired) electrons. The molecule has 0 spiro atoms. The van der Waals surface area contributed by atoms with Crippen LogP contribution in [0.15, 0.2) is 54.7 Å². The summed E-state index contributed by atoms with van der Waals surface area (Å²) >= 11 is 18.2. The molecule has 1 aliphatic rings. The van der Waals surface area contributed by atoms with Crippen LogP contribution in [0.5, 0.6) is 5.75 Å². The number of carbonyl (C=O) groups is 1. The fourth-order valence-corrected chi connectivity index (χ4v) is 4.89. The summed E-state index contributed by atoms with van der Waals surface area (Å²) in [6.07, 6.45) is 4.40. The van der Waals surface area contributed by atoms with Crippen LogP contribution >= 0.6 is 34.8 Å². The van der Waals surface area contributed by atoms with Gasteiger partial charge in [-0.2, -0.15) is 0 Å². The van der Waals surface area contributed by atoms with Gasteiger partial charge < -0.3 is 15.0 Å². The minimum Gasteiger partial charge on any atom is -0.493 e. The molecule has 1 N–H and O–H groups in total. The molecule has 4 rings (SSSR count). The Labute approximate surface area is 221 Å². The van der Waals surface area contributed by atoms with Gasteiger partial charge in [0, 0.05) is 53.5 Å². The first-order valence-electron chi connectivity index (χ1n) is 11.7. The van der Waals surface area contributed by atoms with Crippen LogP contribution < -0.4 is 15.0 Å². The fourth-order valence-electron chi connectivity index (χ4n) is 4.22. The summed E-state index contributed by atoms with van der Waals surface area (Å²) in [5, 5.41) is 4.84. The number of ether oxygens (including phenoxy) is 1. The number of carbonyl (C=O) groups excluding carboxylic acids is 1. The van der Waals surface area contributed by atoms with Crippen LogP contribution in [-0.2, 0) is 6.42 Å². The van der Waals surface area contributed by atoms with Crippen molar-refractivity contribution in [1.29, 1.82) is 0 Å². The minimum atomic E-state index is -0.0843. The van der Waals surface area contributed by atoms with Gasteiger partial charge in [0.1, 0.15) is 10.9 Å². The zero-order valence-corrected chi connectivity index (χ0v) is 21.8. The number of hydrogen-bond acceptors (Lipinski definition) is 4. The van der Waals surface area contributed by atoms with Crippen LogP contribution in [0.4, 0.5) is 5.69 Å². The van der Waals surface area contributed by atoms with E-state index in [1.165, 1.54) is 0 Å². The van der Waals surface area contributed by atoms with Gasteiger partial charge in [-0.15, -0.1) is 0 Å². The van der Waals surface area contributed by atoms with Gasteiger partial charge in [-0.3, -0.25) is 4.79 Å². The van der Waals surface area contributed by atoms with Crippen LogP contribution in [0, 0.1) is 12.8 Å². The molecular formula is C27H28Cl3N3O2. The van der Waals surface area contributed by atoms with Crippen LogP contribution in [-0.4, -0.2) is 37.1 Å². The Kier molecular flexibility index (Phi) is 8.77. The molecule has 1 amide bonds. The molecule has 2 aromatic carbocycles. The maximum absolute atomic E-state index is 12.8. The van der Waals surface area contributed by atoms with Crippen LogP contribution in [0.2, 0.25) is 15.2 Å². The SMILES string of the molecule is Cc1ccc(C(=O)NCC2CCN(c3ccnc(Cl)c3)CC2)cc1OCCc1ccc(Cl)cc1Cl. The second-order valence-electron chi connectivity index (χ2n) is 8.79. The largest absolute Gasteiger partial charge is 0.493 e. The van der Waals surface area contributed by atoms with E-state index in [0.717, 1.165) is 42.7 Å². The first-order chi connectivity index (χ1) is 16.9. The second kappa shape index (κ2) is 12.0. The van der Waals surface area contributed by atoms with E-state index in [0.29, 0.717) is 52.0 Å². The number of aryl methyl sites for hydroxylation is 1. The van der Waals surface area contributed by atoms with Crippen LogP contribution in [0.25, 0.3) is 0 Å². The lowest BCUT2D eigenvalue weighted by Crippen LogP contribution is -2.38. The lowest BCUT2D eigenvalue weighted by Gasteiger charge is -2.33. The molecule has 184 valence electrons. The molecule has 0 unspecified atom stereocenters. The lowest BCUT2D eigenvalue weighted by atomic mass is 9.96. The molecule has 5 nitrogen and oxygen atoms in total. The Morgan fingerprint density at radius 2 is 1.89 bits per heavy atom. The van der Waals surface area contributed by atoms with Crippen molar-refractivity contribution in [2.75, 3.05) is 31.1 Å². The number of anilines is 1. The lowest BCUT2D eigenvalue weighted by molar-refractivity contribution is 0.0944. The van der Waals surface area contributed by atoms with Crippen molar-refractivity contribution in [2.24, 2.45) is 5.92 Å². The number of aromatic nitrogens is 1. The van der Waals surface area contributed by atoms with E-state index < -0.39 is 0 Å². The van der Waals surface area contributed by atoms with Gasteiger partial charge in [-0.25, -0.2) is 4.98 Å². The molecule has 1 aliphatic heterocycles. The number of nitrogens with one attached hydrogen (secondary N) is 1. The molecule has 0 aliphatic carbocycles. The molecule has 35 heavy (non-hydrogen) atoms. The highest BCUT2D eigenvalue weighted by molar-refractivity contribution is 6.35. The number of amides is 1. The monoisotopic (exact) mass is 531 g/mol. The number of benzene rings is 2. The van der Waals surface area contributed by atoms with Crippen molar-refractivity contribution in [3.63, 3.8) is 0 Å². The number of piperidine rings is 1. The summed E-state index contributed by atoms with van der Waals surface area (Å²) < 4.78 is 5.98. The molecule has 1 saturated heterocycles. The molecule has 0 saturated carbocycles. The molecule has 0 bridgehead atoms. The number of halogens is 3. The zero-order chi connectivity index (χ0) is 24.8. The maximum atomic E-state index is 12.8. The first kappa shape index (κ1) is 25.6. The summed E-state index contributed by atoms with van der Waals surface area (Å²) in [5.74, 6) is 1.06. The van der Waals surface area contributed by atoms with Crippen molar-refractivity contribution in [2.45, 2.75) is 26.2 Å². The van der Waals surface area contributed by atoms with Crippen molar-refractivity contribution >= 4 is 46.4 Å². The van der Waals surface area contributed by atoms with Crippen molar-refractivity contribution in [1.82, 2.24) is 10.3 Å². The first-order valence-corrected chi connectivity index (χ1v) is 12.8. The summed E-state index contributed by atoms with van der Waals surface area (Å²) in [4.78, 5) is 19.2. The van der Waals surface area contributed by atoms with E-state index in [-0.39, 0.29) is 5.91 Å². The molecule has 1 fully saturated rings. The molecule has 8 heteroatoms. The molecule has 3 aromatic rings. The Bertz CT molecular complexity index is 1180. The Morgan fingerprint density at radius 1 is 1.09 bits per heavy atom. The van der Waals surface area contributed by atoms with Gasteiger partial charge >= 0.3 is 0 Å². The van der Waals surface area contributed by atoms with Crippen LogP contribution in [0.3, 0.4) is 0 Å². The normalized spacial score (nSPS) is 14.1. The quantitative estimate of drug-likeness (QED) is 0.331. The van der Waals surface area contributed by atoms with E-state index in [1.54, 1.807) is 12.3 Å². The van der Waals surface area contributed by atoms with Gasteiger partial charge in [0.25, 0.3) is 5.91 Å². The summed E-state index contributed by atoms with van der Waals surface area (Å²) in [5.41, 5.74) is 3.64. The van der Waals surface area contributed by atoms with Crippen molar-refractivity contribution in [3.8, 4) is 5.75 Å². The number of hydrogen-bond donors (Lipinski definition) is 1. The maximum Gasteiger partial charge on any atom is 0.251 e. The van der Waals surface area contributed by atoms with E-state index in [1.807, 2.05) is 49.4 Å². The highest BCUT2D eigenvalue weighted by Gasteiger charge is 2.21. The smallest absolute Gasteiger partial charge is 0.251 e. The third-order valence-corrected chi connectivity index (χ3v) is 7.13. The van der Waals surface area contributed by atoms with Gasteiger partial charge in [0.05, 0.1) is 6.61 Å². The van der Waals surface area contributed by atoms with E-state index >= 15 is 0 Å². The van der Waals surface area contributed by atoms with Gasteiger partial charge in [0.15, 0.2) is 0 Å². The highest BCUT2D eigenvalue weighted by Crippen LogP contribution is 2.25. The average molecular weight is 533 g/mol. The summed E-state index contributed by atoms with van der Waals surface area (Å²) in [6.45, 7) is 4.94. The molecule has 1 aromatic heterocycles. The fraction of sp³-hybridized carbons (Fsp3) is 0.333.